The molecule has 0 radical (unpaired) electrons. The highest BCUT2D eigenvalue weighted by molar-refractivity contribution is 6.30. The number of hydrogen-bond acceptors (Lipinski definition) is 1. The molecule has 22 heavy (non-hydrogen) atoms. The van der Waals surface area contributed by atoms with Crippen molar-refractivity contribution >= 4 is 23.5 Å². The topological polar surface area (TPSA) is 26.1 Å². The molecule has 0 unspecified atom stereocenters. The van der Waals surface area contributed by atoms with E-state index in [9.17, 15) is 5.21 Å². The highest BCUT2D eigenvalue weighted by Gasteiger charge is 2.15. The first-order valence-corrected chi connectivity index (χ1v) is 8.27. The van der Waals surface area contributed by atoms with Crippen LogP contribution in [0, 0.1) is 5.21 Å². The molecule has 0 spiro atoms. The Balaban J connectivity index is 1.74. The van der Waals surface area contributed by atoms with Crippen LogP contribution in [0.3, 0.4) is 0 Å². The minimum absolute atomic E-state index is 0.584. The third kappa shape index (κ3) is 3.69. The maximum Gasteiger partial charge on any atom is 0.216 e. The summed E-state index contributed by atoms with van der Waals surface area (Å²) >= 11 is 5.84. The normalized spacial score (nSPS) is 16.7. The van der Waals surface area contributed by atoms with E-state index in [-0.39, 0.29) is 0 Å². The summed E-state index contributed by atoms with van der Waals surface area (Å²) in [6.45, 7) is 0. The molecule has 1 fully saturated rings. The van der Waals surface area contributed by atoms with Gasteiger partial charge in [0.2, 0.25) is 5.69 Å². The summed E-state index contributed by atoms with van der Waals surface area (Å²) in [4.78, 5) is 0. The molecule has 0 atom stereocenters. The van der Waals surface area contributed by atoms with E-state index in [2.05, 4.69) is 12.1 Å². The molecule has 0 aliphatic heterocycles. The van der Waals surface area contributed by atoms with E-state index in [0.717, 1.165) is 10.3 Å². The highest BCUT2D eigenvalue weighted by Crippen LogP contribution is 2.32. The standard InChI is InChI=1S/C19H20ClNO/c20-18-10-12-19(13-11-18)21(22)14-15-6-8-17(9-7-15)16-4-2-1-3-5-16/h6-14,16H,1-5H2. The van der Waals surface area contributed by atoms with Crippen molar-refractivity contribution in [3.8, 4) is 0 Å². The average molecular weight is 314 g/mol. The quantitative estimate of drug-likeness (QED) is 0.311. The SMILES string of the molecule is [O-][N+](=Cc1ccc(C2CCCCC2)cc1)c1ccc(Cl)cc1. The molecule has 1 aliphatic carbocycles. The van der Waals surface area contributed by atoms with Crippen LogP contribution in [0.1, 0.15) is 49.1 Å². The fourth-order valence-electron chi connectivity index (χ4n) is 3.09. The fourth-order valence-corrected chi connectivity index (χ4v) is 3.21. The first-order chi connectivity index (χ1) is 10.7. The maximum atomic E-state index is 12.1. The Morgan fingerprint density at radius 3 is 2.18 bits per heavy atom. The first kappa shape index (κ1) is 15.1. The van der Waals surface area contributed by atoms with Crippen LogP contribution < -0.4 is 0 Å². The molecule has 1 saturated carbocycles. The minimum Gasteiger partial charge on any atom is -0.618 e. The second kappa shape index (κ2) is 6.97. The van der Waals surface area contributed by atoms with Gasteiger partial charge in [-0.05, 0) is 48.6 Å². The van der Waals surface area contributed by atoms with Gasteiger partial charge in [0.05, 0.1) is 0 Å². The van der Waals surface area contributed by atoms with E-state index in [4.69, 9.17) is 11.6 Å². The molecule has 0 N–H and O–H groups in total. The van der Waals surface area contributed by atoms with Crippen LogP contribution in [0.4, 0.5) is 5.69 Å². The summed E-state index contributed by atoms with van der Waals surface area (Å²) in [7, 11) is 0. The van der Waals surface area contributed by atoms with E-state index in [0.29, 0.717) is 16.6 Å². The number of rotatable bonds is 3. The van der Waals surface area contributed by atoms with Crippen molar-refractivity contribution in [3.05, 3.63) is 69.9 Å². The van der Waals surface area contributed by atoms with E-state index < -0.39 is 0 Å². The first-order valence-electron chi connectivity index (χ1n) is 7.89. The summed E-state index contributed by atoms with van der Waals surface area (Å²) < 4.78 is 0.881. The molecule has 0 saturated heterocycles. The summed E-state index contributed by atoms with van der Waals surface area (Å²) in [5.74, 6) is 0.697. The van der Waals surface area contributed by atoms with Crippen LogP contribution in [-0.2, 0) is 0 Å². The van der Waals surface area contributed by atoms with Crippen molar-refractivity contribution in [2.75, 3.05) is 0 Å². The van der Waals surface area contributed by atoms with Crippen LogP contribution in [-0.4, -0.2) is 11.0 Å². The Labute approximate surface area is 136 Å². The smallest absolute Gasteiger partial charge is 0.216 e. The van der Waals surface area contributed by atoms with E-state index in [1.807, 2.05) is 12.1 Å². The van der Waals surface area contributed by atoms with E-state index >= 15 is 0 Å². The molecule has 2 aromatic carbocycles. The van der Waals surface area contributed by atoms with Gasteiger partial charge in [0.25, 0.3) is 0 Å². The van der Waals surface area contributed by atoms with Gasteiger partial charge in [0, 0.05) is 22.7 Å². The van der Waals surface area contributed by atoms with Gasteiger partial charge in [-0.1, -0.05) is 43.0 Å². The number of nitrogens with zero attached hydrogens (tertiary/aromatic N) is 1. The van der Waals surface area contributed by atoms with Gasteiger partial charge in [-0.3, -0.25) is 0 Å². The predicted octanol–water partition coefficient (Wildman–Crippen LogP) is 5.65. The lowest BCUT2D eigenvalue weighted by Crippen LogP contribution is -2.05. The van der Waals surface area contributed by atoms with Gasteiger partial charge in [-0.2, -0.15) is 4.74 Å². The summed E-state index contributed by atoms with van der Waals surface area (Å²) in [6.07, 6.45) is 8.23. The molecule has 0 heterocycles. The Hall–Kier alpha value is -1.80. The lowest BCUT2D eigenvalue weighted by molar-refractivity contribution is -0.354. The van der Waals surface area contributed by atoms with Gasteiger partial charge in [0.15, 0.2) is 6.21 Å². The Morgan fingerprint density at radius 2 is 1.55 bits per heavy atom. The molecule has 0 aromatic heterocycles. The van der Waals surface area contributed by atoms with Crippen LogP contribution in [0.2, 0.25) is 5.02 Å². The van der Waals surface area contributed by atoms with Gasteiger partial charge < -0.3 is 5.21 Å². The largest absolute Gasteiger partial charge is 0.618 e. The van der Waals surface area contributed by atoms with Crippen molar-refractivity contribution in [3.63, 3.8) is 0 Å². The Bertz CT molecular complexity index is 640. The monoisotopic (exact) mass is 313 g/mol. The van der Waals surface area contributed by atoms with Crippen molar-refractivity contribution < 1.29 is 4.74 Å². The molecule has 2 nitrogen and oxygen atoms in total. The van der Waals surface area contributed by atoms with E-state index in [1.165, 1.54) is 37.7 Å². The molecule has 3 rings (SSSR count). The summed E-state index contributed by atoms with van der Waals surface area (Å²) in [5, 5.41) is 12.8. The number of halogens is 1. The Morgan fingerprint density at radius 1 is 0.909 bits per heavy atom. The Kier molecular flexibility index (Phi) is 4.79. The van der Waals surface area contributed by atoms with Crippen LogP contribution in [0.15, 0.2) is 48.5 Å². The fraction of sp³-hybridized carbons (Fsp3) is 0.316. The van der Waals surface area contributed by atoms with Crippen molar-refractivity contribution in [1.82, 2.24) is 0 Å². The lowest BCUT2D eigenvalue weighted by atomic mass is 9.84. The zero-order chi connectivity index (χ0) is 15.4. The molecule has 0 bridgehead atoms. The van der Waals surface area contributed by atoms with Crippen molar-refractivity contribution in [2.24, 2.45) is 0 Å². The van der Waals surface area contributed by atoms with Crippen molar-refractivity contribution in [2.45, 2.75) is 38.0 Å². The predicted molar refractivity (Wildman–Crippen MR) is 92.2 cm³/mol. The summed E-state index contributed by atoms with van der Waals surface area (Å²) in [6, 6.07) is 15.3. The number of hydrogen-bond donors (Lipinski definition) is 0. The third-order valence-corrected chi connectivity index (χ3v) is 4.61. The zero-order valence-corrected chi connectivity index (χ0v) is 13.3. The molecule has 3 heteroatoms. The maximum absolute atomic E-state index is 12.1. The lowest BCUT2D eigenvalue weighted by Gasteiger charge is -2.21. The van der Waals surface area contributed by atoms with Gasteiger partial charge in [-0.25, -0.2) is 0 Å². The van der Waals surface area contributed by atoms with Crippen LogP contribution in [0.5, 0.6) is 0 Å². The second-order valence-corrected chi connectivity index (χ2v) is 6.37. The highest BCUT2D eigenvalue weighted by atomic mass is 35.5. The third-order valence-electron chi connectivity index (χ3n) is 4.36. The average Bonchev–Trinajstić information content (AvgIpc) is 2.57. The van der Waals surface area contributed by atoms with Crippen LogP contribution >= 0.6 is 11.6 Å². The van der Waals surface area contributed by atoms with E-state index in [1.54, 1.807) is 30.5 Å². The van der Waals surface area contributed by atoms with Gasteiger partial charge >= 0.3 is 0 Å². The summed E-state index contributed by atoms with van der Waals surface area (Å²) in [5.41, 5.74) is 2.91. The zero-order valence-electron chi connectivity index (χ0n) is 12.5. The van der Waals surface area contributed by atoms with Gasteiger partial charge in [-0.15, -0.1) is 0 Å². The molecule has 1 aliphatic rings. The molecule has 2 aromatic rings. The van der Waals surface area contributed by atoms with Crippen molar-refractivity contribution in [1.29, 1.82) is 0 Å². The number of benzene rings is 2. The van der Waals surface area contributed by atoms with Crippen LogP contribution in [0.25, 0.3) is 0 Å². The van der Waals surface area contributed by atoms with Gasteiger partial charge in [0.1, 0.15) is 0 Å². The molecular weight excluding hydrogens is 294 g/mol. The molecule has 0 amide bonds. The second-order valence-electron chi connectivity index (χ2n) is 5.93. The minimum atomic E-state index is 0.584. The molecular formula is C19H20ClNO. The molecule has 114 valence electrons.